The van der Waals surface area contributed by atoms with Crippen molar-refractivity contribution in [1.29, 1.82) is 0 Å². The first kappa shape index (κ1) is 22.6. The first-order valence-corrected chi connectivity index (χ1v) is 13.6. The molecule has 1 saturated heterocycles. The molecule has 0 radical (unpaired) electrons. The molecule has 2 fully saturated rings. The lowest BCUT2D eigenvalue weighted by Gasteiger charge is -2.33. The Kier molecular flexibility index (Phi) is 5.25. The minimum atomic E-state index is -3.49. The van der Waals surface area contributed by atoms with Crippen molar-refractivity contribution in [2.75, 3.05) is 13.1 Å². The molecule has 8 heteroatoms. The highest BCUT2D eigenvalue weighted by atomic mass is 32.2. The van der Waals surface area contributed by atoms with Gasteiger partial charge in [0.25, 0.3) is 10.2 Å². The minimum absolute atomic E-state index is 0.257. The predicted molar refractivity (Wildman–Crippen MR) is 134 cm³/mol. The zero-order valence-electron chi connectivity index (χ0n) is 19.7. The van der Waals surface area contributed by atoms with Crippen LogP contribution in [-0.2, 0) is 30.1 Å². The Balaban J connectivity index is 1.33. The molecule has 0 unspecified atom stereocenters. The van der Waals surface area contributed by atoms with E-state index in [1.54, 1.807) is 18.2 Å². The van der Waals surface area contributed by atoms with Crippen LogP contribution in [0.4, 0.5) is 4.39 Å². The summed E-state index contributed by atoms with van der Waals surface area (Å²) in [5.74, 6) is 0.280. The number of nitrogens with zero attached hydrogens (tertiary/aromatic N) is 3. The number of aryl methyl sites for hydroxylation is 1. The lowest BCUT2D eigenvalue weighted by Crippen LogP contribution is -2.52. The second-order valence-corrected chi connectivity index (χ2v) is 11.8. The number of hydrogen-bond acceptors (Lipinski definition) is 3. The molecular formula is C27H29FN4O2S. The van der Waals surface area contributed by atoms with Crippen LogP contribution < -0.4 is 4.72 Å². The van der Waals surface area contributed by atoms with Crippen LogP contribution in [0.25, 0.3) is 22.5 Å². The molecule has 2 bridgehead atoms. The Labute approximate surface area is 205 Å². The van der Waals surface area contributed by atoms with E-state index in [9.17, 15) is 12.8 Å². The maximum Gasteiger partial charge on any atom is 0.280 e. The lowest BCUT2D eigenvalue weighted by atomic mass is 9.79. The molecule has 2 aliphatic carbocycles. The monoisotopic (exact) mass is 492 g/mol. The summed E-state index contributed by atoms with van der Waals surface area (Å²) in [5.41, 5.74) is 5.93. The lowest BCUT2D eigenvalue weighted by molar-refractivity contribution is 0.217. The van der Waals surface area contributed by atoms with Crippen molar-refractivity contribution < 1.29 is 12.8 Å². The van der Waals surface area contributed by atoms with Gasteiger partial charge < -0.3 is 0 Å². The third kappa shape index (κ3) is 3.66. The Bertz CT molecular complexity index is 1420. The average Bonchev–Trinajstić information content (AvgIpc) is 3.40. The van der Waals surface area contributed by atoms with Crippen LogP contribution in [0.15, 0.2) is 61.2 Å². The van der Waals surface area contributed by atoms with E-state index in [2.05, 4.69) is 29.5 Å². The molecule has 2 heterocycles. The van der Waals surface area contributed by atoms with Crippen molar-refractivity contribution in [2.45, 2.75) is 31.2 Å². The van der Waals surface area contributed by atoms with Gasteiger partial charge in [-0.3, -0.25) is 4.68 Å². The van der Waals surface area contributed by atoms with Crippen molar-refractivity contribution in [3.63, 3.8) is 0 Å². The Hall–Kier alpha value is -2.81. The largest absolute Gasteiger partial charge is 0.280 e. The Morgan fingerprint density at radius 1 is 1.09 bits per heavy atom. The highest BCUT2D eigenvalue weighted by molar-refractivity contribution is 7.87. The quantitative estimate of drug-likeness (QED) is 0.558. The Morgan fingerprint density at radius 2 is 1.77 bits per heavy atom. The van der Waals surface area contributed by atoms with Crippen molar-refractivity contribution in [3.05, 3.63) is 78.1 Å². The fraction of sp³-hybridized carbons (Fsp3) is 0.370. The number of rotatable bonds is 4. The first-order valence-electron chi connectivity index (χ1n) is 12.1. The molecule has 0 amide bonds. The maximum absolute atomic E-state index is 13.4. The van der Waals surface area contributed by atoms with Gasteiger partial charge in [0.15, 0.2) is 0 Å². The zero-order valence-corrected chi connectivity index (χ0v) is 20.6. The third-order valence-corrected chi connectivity index (χ3v) is 9.80. The van der Waals surface area contributed by atoms with E-state index in [-0.39, 0.29) is 17.7 Å². The fourth-order valence-electron chi connectivity index (χ4n) is 6.47. The smallest absolute Gasteiger partial charge is 0.267 e. The van der Waals surface area contributed by atoms with Gasteiger partial charge in [0, 0.05) is 25.7 Å². The van der Waals surface area contributed by atoms with Crippen LogP contribution in [-0.4, -0.2) is 41.1 Å². The summed E-state index contributed by atoms with van der Waals surface area (Å²) in [5, 5.41) is 4.74. The van der Waals surface area contributed by atoms with Gasteiger partial charge >= 0.3 is 0 Å². The molecule has 2 aromatic carbocycles. The number of fused-ring (bicyclic) bond motifs is 1. The molecule has 1 aromatic heterocycles. The van der Waals surface area contributed by atoms with Gasteiger partial charge in [0.1, 0.15) is 5.82 Å². The number of halogens is 1. The van der Waals surface area contributed by atoms with Crippen LogP contribution in [0.3, 0.4) is 0 Å². The average molecular weight is 493 g/mol. The van der Waals surface area contributed by atoms with Crippen LogP contribution in [0.1, 0.15) is 24.0 Å². The van der Waals surface area contributed by atoms with E-state index < -0.39 is 15.7 Å². The molecule has 1 saturated carbocycles. The van der Waals surface area contributed by atoms with Crippen molar-refractivity contribution in [1.82, 2.24) is 18.8 Å². The third-order valence-electron chi connectivity index (χ3n) is 8.20. The normalized spacial score (nSPS) is 27.1. The second-order valence-electron chi connectivity index (χ2n) is 10.1. The maximum atomic E-state index is 13.4. The molecule has 182 valence electrons. The molecule has 1 N–H and O–H groups in total. The van der Waals surface area contributed by atoms with Crippen molar-refractivity contribution in [2.24, 2.45) is 18.9 Å². The van der Waals surface area contributed by atoms with Crippen LogP contribution in [0.2, 0.25) is 0 Å². The van der Waals surface area contributed by atoms with E-state index in [1.807, 2.05) is 17.8 Å². The zero-order chi connectivity index (χ0) is 24.4. The fourth-order valence-corrected chi connectivity index (χ4v) is 8.16. The summed E-state index contributed by atoms with van der Waals surface area (Å²) in [6.07, 6.45) is 5.45. The van der Waals surface area contributed by atoms with Gasteiger partial charge in [0.05, 0.1) is 16.9 Å². The second kappa shape index (κ2) is 8.11. The van der Waals surface area contributed by atoms with E-state index >= 15 is 0 Å². The number of aromatic nitrogens is 2. The molecule has 3 aromatic rings. The highest BCUT2D eigenvalue weighted by Gasteiger charge is 2.59. The van der Waals surface area contributed by atoms with E-state index in [4.69, 9.17) is 5.10 Å². The molecule has 1 spiro atoms. The molecule has 35 heavy (non-hydrogen) atoms. The van der Waals surface area contributed by atoms with Crippen molar-refractivity contribution >= 4 is 10.2 Å². The van der Waals surface area contributed by atoms with Crippen LogP contribution in [0, 0.1) is 17.7 Å². The van der Waals surface area contributed by atoms with Gasteiger partial charge in [-0.25, -0.2) is 4.39 Å². The van der Waals surface area contributed by atoms with Gasteiger partial charge in [-0.05, 0) is 90.6 Å². The van der Waals surface area contributed by atoms with Gasteiger partial charge in [-0.2, -0.15) is 22.5 Å². The summed E-state index contributed by atoms with van der Waals surface area (Å²) in [7, 11) is -1.59. The number of hydrogen-bond donors (Lipinski definition) is 1. The summed E-state index contributed by atoms with van der Waals surface area (Å²) in [4.78, 5) is 0. The molecular weight excluding hydrogens is 463 g/mol. The topological polar surface area (TPSA) is 67.2 Å². The predicted octanol–water partition coefficient (Wildman–Crippen LogP) is 4.09. The molecule has 3 atom stereocenters. The number of benzene rings is 2. The van der Waals surface area contributed by atoms with Gasteiger partial charge in [0.2, 0.25) is 0 Å². The Morgan fingerprint density at radius 3 is 2.49 bits per heavy atom. The molecule has 6 rings (SSSR count). The van der Waals surface area contributed by atoms with E-state index in [0.717, 1.165) is 48.2 Å². The summed E-state index contributed by atoms with van der Waals surface area (Å²) in [6, 6.07) is 15.0. The first-order chi connectivity index (χ1) is 16.8. The van der Waals surface area contributed by atoms with E-state index in [0.29, 0.717) is 13.1 Å². The number of nitrogens with one attached hydrogen (secondary N) is 1. The van der Waals surface area contributed by atoms with Gasteiger partial charge in [-0.15, -0.1) is 6.58 Å². The summed E-state index contributed by atoms with van der Waals surface area (Å²) in [6.45, 7) is 4.59. The van der Waals surface area contributed by atoms with Crippen LogP contribution in [0.5, 0.6) is 0 Å². The SMILES string of the molecule is C=CCN1C[C@@]2(NS1(=O)=O)[C@H]1CC[C@H]2Cc2cc(-c3cc(-c4ccc(F)cc4)n(C)n3)ccc2C1. The molecule has 6 nitrogen and oxygen atoms in total. The van der Waals surface area contributed by atoms with Crippen LogP contribution >= 0.6 is 0 Å². The molecule has 3 aliphatic rings. The van der Waals surface area contributed by atoms with E-state index in [1.165, 1.54) is 27.6 Å². The summed E-state index contributed by atoms with van der Waals surface area (Å²) >= 11 is 0. The minimum Gasteiger partial charge on any atom is -0.267 e. The standard InChI is InChI=1S/C27H29FN4O2S/c1-3-12-32-17-27(30-35(32,33)34)22-8-9-23(27)15-21-13-20(5-4-19(21)14-22)25-16-26(31(2)29-25)18-6-10-24(28)11-7-18/h3-7,10-11,13,16,22-23,30H,1,8-9,12,14-15,17H2,2H3/t22-,23-,27+/m0/s1. The summed E-state index contributed by atoms with van der Waals surface area (Å²) < 4.78 is 45.6. The molecule has 1 aliphatic heterocycles. The highest BCUT2D eigenvalue weighted by Crippen LogP contribution is 2.50. The van der Waals surface area contributed by atoms with Crippen molar-refractivity contribution in [3.8, 4) is 22.5 Å². The van der Waals surface area contributed by atoms with Gasteiger partial charge in [-0.1, -0.05) is 18.2 Å².